The Hall–Kier alpha value is -1.75. The summed E-state index contributed by atoms with van der Waals surface area (Å²) in [5.41, 5.74) is 10.7. The van der Waals surface area contributed by atoms with Gasteiger partial charge in [0.2, 0.25) is 0 Å². The SMILES string of the molecule is Cc1nn(C)c(C)c1CCC(N)c1cncnc1. The van der Waals surface area contributed by atoms with Gasteiger partial charge in [-0.2, -0.15) is 5.10 Å². The van der Waals surface area contributed by atoms with Crippen molar-refractivity contribution in [1.29, 1.82) is 0 Å². The third kappa shape index (κ3) is 2.56. The van der Waals surface area contributed by atoms with Crippen LogP contribution in [0.2, 0.25) is 0 Å². The van der Waals surface area contributed by atoms with E-state index in [1.807, 2.05) is 18.7 Å². The Bertz CT molecular complexity index is 518. The molecule has 0 aliphatic carbocycles. The predicted octanol–water partition coefficient (Wildman–Crippen LogP) is 1.46. The number of rotatable bonds is 4. The molecule has 0 saturated carbocycles. The third-order valence-corrected chi connectivity index (χ3v) is 3.37. The van der Waals surface area contributed by atoms with Gasteiger partial charge in [-0.15, -0.1) is 0 Å². The molecule has 0 bridgehead atoms. The zero-order chi connectivity index (χ0) is 13.1. The lowest BCUT2D eigenvalue weighted by Gasteiger charge is -2.11. The molecular formula is C13H19N5. The lowest BCUT2D eigenvalue weighted by Crippen LogP contribution is -2.12. The molecule has 0 radical (unpaired) electrons. The maximum absolute atomic E-state index is 6.14. The zero-order valence-corrected chi connectivity index (χ0v) is 11.1. The first-order valence-corrected chi connectivity index (χ1v) is 6.09. The van der Waals surface area contributed by atoms with Crippen molar-refractivity contribution in [2.45, 2.75) is 32.7 Å². The van der Waals surface area contributed by atoms with Gasteiger partial charge >= 0.3 is 0 Å². The van der Waals surface area contributed by atoms with E-state index < -0.39 is 0 Å². The largest absolute Gasteiger partial charge is 0.324 e. The number of nitrogens with zero attached hydrogens (tertiary/aromatic N) is 4. The molecule has 2 aromatic rings. The van der Waals surface area contributed by atoms with Crippen molar-refractivity contribution in [3.63, 3.8) is 0 Å². The Morgan fingerprint density at radius 1 is 1.28 bits per heavy atom. The third-order valence-electron chi connectivity index (χ3n) is 3.37. The standard InChI is InChI=1S/C13H19N5/c1-9-12(10(2)18(3)17-9)4-5-13(14)11-6-15-8-16-7-11/h6-8,13H,4-5,14H2,1-3H3. The predicted molar refractivity (Wildman–Crippen MR) is 70.0 cm³/mol. The maximum atomic E-state index is 6.14. The van der Waals surface area contributed by atoms with E-state index in [2.05, 4.69) is 22.0 Å². The zero-order valence-electron chi connectivity index (χ0n) is 11.1. The number of hydrogen-bond donors (Lipinski definition) is 1. The summed E-state index contributed by atoms with van der Waals surface area (Å²) in [4.78, 5) is 7.98. The van der Waals surface area contributed by atoms with Crippen molar-refractivity contribution < 1.29 is 0 Å². The molecule has 0 amide bonds. The van der Waals surface area contributed by atoms with Crippen LogP contribution in [0.3, 0.4) is 0 Å². The minimum Gasteiger partial charge on any atom is -0.324 e. The smallest absolute Gasteiger partial charge is 0.115 e. The lowest BCUT2D eigenvalue weighted by atomic mass is 10.0. The van der Waals surface area contributed by atoms with Gasteiger partial charge in [0.1, 0.15) is 6.33 Å². The van der Waals surface area contributed by atoms with Crippen LogP contribution >= 0.6 is 0 Å². The van der Waals surface area contributed by atoms with E-state index in [1.165, 1.54) is 17.6 Å². The van der Waals surface area contributed by atoms with Crippen LogP contribution in [0.1, 0.15) is 35.0 Å². The molecule has 0 aliphatic heterocycles. The van der Waals surface area contributed by atoms with Gasteiger partial charge in [-0.1, -0.05) is 0 Å². The molecule has 0 aromatic carbocycles. The highest BCUT2D eigenvalue weighted by atomic mass is 15.3. The number of hydrogen-bond acceptors (Lipinski definition) is 4. The highest BCUT2D eigenvalue weighted by molar-refractivity contribution is 5.25. The first-order chi connectivity index (χ1) is 8.59. The topological polar surface area (TPSA) is 69.6 Å². The Kier molecular flexibility index (Phi) is 3.72. The van der Waals surface area contributed by atoms with Crippen LogP contribution in [-0.2, 0) is 13.5 Å². The molecule has 96 valence electrons. The van der Waals surface area contributed by atoms with Crippen LogP contribution in [0.15, 0.2) is 18.7 Å². The Morgan fingerprint density at radius 3 is 2.50 bits per heavy atom. The van der Waals surface area contributed by atoms with Crippen LogP contribution in [0.25, 0.3) is 0 Å². The normalized spacial score (nSPS) is 12.7. The van der Waals surface area contributed by atoms with E-state index in [4.69, 9.17) is 5.73 Å². The van der Waals surface area contributed by atoms with Crippen LogP contribution in [-0.4, -0.2) is 19.7 Å². The van der Waals surface area contributed by atoms with E-state index in [1.54, 1.807) is 12.4 Å². The van der Waals surface area contributed by atoms with Crippen molar-refractivity contribution in [3.8, 4) is 0 Å². The Morgan fingerprint density at radius 2 is 1.94 bits per heavy atom. The second-order valence-electron chi connectivity index (χ2n) is 4.59. The quantitative estimate of drug-likeness (QED) is 0.885. The Labute approximate surface area is 107 Å². The van der Waals surface area contributed by atoms with Gasteiger partial charge < -0.3 is 5.73 Å². The summed E-state index contributed by atoms with van der Waals surface area (Å²) in [6.07, 6.45) is 6.88. The summed E-state index contributed by atoms with van der Waals surface area (Å²) in [7, 11) is 1.97. The molecule has 2 heterocycles. The molecule has 0 aliphatic rings. The van der Waals surface area contributed by atoms with Crippen LogP contribution in [0.4, 0.5) is 0 Å². The summed E-state index contributed by atoms with van der Waals surface area (Å²) in [5.74, 6) is 0. The lowest BCUT2D eigenvalue weighted by molar-refractivity contribution is 0.642. The monoisotopic (exact) mass is 245 g/mol. The van der Waals surface area contributed by atoms with Gasteiger partial charge in [0.05, 0.1) is 5.69 Å². The van der Waals surface area contributed by atoms with Crippen molar-refractivity contribution >= 4 is 0 Å². The van der Waals surface area contributed by atoms with Crippen molar-refractivity contribution in [1.82, 2.24) is 19.7 Å². The summed E-state index contributed by atoms with van der Waals surface area (Å²) in [6.45, 7) is 4.13. The van der Waals surface area contributed by atoms with E-state index in [0.29, 0.717) is 0 Å². The molecule has 0 fully saturated rings. The number of nitrogens with two attached hydrogens (primary N) is 1. The molecule has 0 saturated heterocycles. The minimum absolute atomic E-state index is 0.0230. The highest BCUT2D eigenvalue weighted by Crippen LogP contribution is 2.19. The first-order valence-electron chi connectivity index (χ1n) is 6.09. The number of aryl methyl sites for hydroxylation is 2. The van der Waals surface area contributed by atoms with E-state index in [9.17, 15) is 0 Å². The maximum Gasteiger partial charge on any atom is 0.115 e. The van der Waals surface area contributed by atoms with Crippen LogP contribution in [0.5, 0.6) is 0 Å². The average molecular weight is 245 g/mol. The van der Waals surface area contributed by atoms with Crippen molar-refractivity contribution in [3.05, 3.63) is 41.2 Å². The van der Waals surface area contributed by atoms with Gasteiger partial charge in [-0.3, -0.25) is 4.68 Å². The molecule has 2 rings (SSSR count). The van der Waals surface area contributed by atoms with Gasteiger partial charge in [0.25, 0.3) is 0 Å². The van der Waals surface area contributed by atoms with Crippen molar-refractivity contribution in [2.75, 3.05) is 0 Å². The highest BCUT2D eigenvalue weighted by Gasteiger charge is 2.12. The minimum atomic E-state index is -0.0230. The second-order valence-corrected chi connectivity index (χ2v) is 4.59. The van der Waals surface area contributed by atoms with E-state index in [-0.39, 0.29) is 6.04 Å². The van der Waals surface area contributed by atoms with Gasteiger partial charge in [-0.05, 0) is 32.3 Å². The summed E-state index contributed by atoms with van der Waals surface area (Å²) >= 11 is 0. The van der Waals surface area contributed by atoms with Gasteiger partial charge in [0, 0.05) is 36.7 Å². The molecule has 2 N–H and O–H groups in total. The summed E-state index contributed by atoms with van der Waals surface area (Å²) in [6, 6.07) is -0.0230. The average Bonchev–Trinajstić information content (AvgIpc) is 2.62. The second kappa shape index (κ2) is 5.27. The van der Waals surface area contributed by atoms with E-state index in [0.717, 1.165) is 24.1 Å². The fourth-order valence-electron chi connectivity index (χ4n) is 2.15. The van der Waals surface area contributed by atoms with Gasteiger partial charge in [0.15, 0.2) is 0 Å². The van der Waals surface area contributed by atoms with E-state index >= 15 is 0 Å². The first kappa shape index (κ1) is 12.7. The molecule has 1 atom stereocenters. The molecule has 5 heteroatoms. The summed E-state index contributed by atoms with van der Waals surface area (Å²) < 4.78 is 1.92. The molecule has 5 nitrogen and oxygen atoms in total. The van der Waals surface area contributed by atoms with Crippen LogP contribution < -0.4 is 5.73 Å². The fraction of sp³-hybridized carbons (Fsp3) is 0.462. The molecular weight excluding hydrogens is 226 g/mol. The number of aromatic nitrogens is 4. The molecule has 1 unspecified atom stereocenters. The molecule has 0 spiro atoms. The van der Waals surface area contributed by atoms with Crippen LogP contribution in [0, 0.1) is 13.8 Å². The van der Waals surface area contributed by atoms with Gasteiger partial charge in [-0.25, -0.2) is 9.97 Å². The van der Waals surface area contributed by atoms with Crippen molar-refractivity contribution in [2.24, 2.45) is 12.8 Å². The fourth-order valence-corrected chi connectivity index (χ4v) is 2.15. The molecule has 18 heavy (non-hydrogen) atoms. The molecule has 2 aromatic heterocycles. The summed E-state index contributed by atoms with van der Waals surface area (Å²) in [5, 5.41) is 4.41. The Balaban J connectivity index is 2.04.